The average molecular weight is 239 g/mol. The SMILES string of the molecule is CCc1cc(NC2CC2c2ccccc2)ncn1. The molecule has 1 aromatic carbocycles. The zero-order valence-corrected chi connectivity index (χ0v) is 10.5. The predicted molar refractivity (Wildman–Crippen MR) is 72.6 cm³/mol. The minimum Gasteiger partial charge on any atom is -0.367 e. The number of benzene rings is 1. The largest absolute Gasteiger partial charge is 0.367 e. The Bertz CT molecular complexity index is 524. The first-order valence-electron chi connectivity index (χ1n) is 6.49. The third-order valence-electron chi connectivity index (χ3n) is 3.44. The van der Waals surface area contributed by atoms with Crippen LogP contribution in [0.15, 0.2) is 42.7 Å². The molecule has 3 nitrogen and oxygen atoms in total. The summed E-state index contributed by atoms with van der Waals surface area (Å²) in [6.07, 6.45) is 3.78. The van der Waals surface area contributed by atoms with Gasteiger partial charge in [-0.15, -0.1) is 0 Å². The molecule has 0 aliphatic heterocycles. The van der Waals surface area contributed by atoms with Gasteiger partial charge < -0.3 is 5.32 Å². The Kier molecular flexibility index (Phi) is 2.97. The molecule has 0 bridgehead atoms. The van der Waals surface area contributed by atoms with Crippen LogP contribution in [0.4, 0.5) is 5.82 Å². The maximum absolute atomic E-state index is 4.27. The molecule has 1 heterocycles. The molecule has 1 fully saturated rings. The smallest absolute Gasteiger partial charge is 0.129 e. The molecule has 2 unspecified atom stereocenters. The Morgan fingerprint density at radius 2 is 2.06 bits per heavy atom. The fourth-order valence-corrected chi connectivity index (χ4v) is 2.28. The van der Waals surface area contributed by atoms with Crippen LogP contribution in [0.2, 0.25) is 0 Å². The number of hydrogen-bond donors (Lipinski definition) is 1. The summed E-state index contributed by atoms with van der Waals surface area (Å²) in [5.41, 5.74) is 2.50. The van der Waals surface area contributed by atoms with E-state index in [1.807, 2.05) is 6.07 Å². The first-order chi connectivity index (χ1) is 8.86. The molecule has 1 aliphatic carbocycles. The van der Waals surface area contributed by atoms with Crippen molar-refractivity contribution in [1.82, 2.24) is 9.97 Å². The highest BCUT2D eigenvalue weighted by atomic mass is 15.1. The number of hydrogen-bond acceptors (Lipinski definition) is 3. The number of aromatic nitrogens is 2. The number of aryl methyl sites for hydroxylation is 1. The van der Waals surface area contributed by atoms with E-state index in [-0.39, 0.29) is 0 Å². The lowest BCUT2D eigenvalue weighted by molar-refractivity contribution is 0.975. The van der Waals surface area contributed by atoms with Crippen LogP contribution in [0.5, 0.6) is 0 Å². The summed E-state index contributed by atoms with van der Waals surface area (Å²) in [6.45, 7) is 2.11. The molecule has 3 heteroatoms. The molecule has 1 saturated carbocycles. The van der Waals surface area contributed by atoms with Gasteiger partial charge in [0.25, 0.3) is 0 Å². The molecule has 0 spiro atoms. The van der Waals surface area contributed by atoms with Crippen molar-refractivity contribution in [3.8, 4) is 0 Å². The van der Waals surface area contributed by atoms with Crippen molar-refractivity contribution in [3.05, 3.63) is 54.0 Å². The van der Waals surface area contributed by atoms with Crippen molar-refractivity contribution in [1.29, 1.82) is 0 Å². The summed E-state index contributed by atoms with van der Waals surface area (Å²) in [5.74, 6) is 1.58. The van der Waals surface area contributed by atoms with Gasteiger partial charge in [-0.05, 0) is 18.4 Å². The van der Waals surface area contributed by atoms with Crippen LogP contribution in [0.3, 0.4) is 0 Å². The van der Waals surface area contributed by atoms with E-state index in [2.05, 4.69) is 52.5 Å². The number of nitrogens with one attached hydrogen (secondary N) is 1. The van der Waals surface area contributed by atoms with Crippen molar-refractivity contribution < 1.29 is 0 Å². The van der Waals surface area contributed by atoms with Crippen LogP contribution in [-0.2, 0) is 6.42 Å². The lowest BCUT2D eigenvalue weighted by Crippen LogP contribution is -2.06. The molecule has 18 heavy (non-hydrogen) atoms. The van der Waals surface area contributed by atoms with Crippen molar-refractivity contribution in [3.63, 3.8) is 0 Å². The maximum atomic E-state index is 4.27. The van der Waals surface area contributed by atoms with E-state index < -0.39 is 0 Å². The van der Waals surface area contributed by atoms with Crippen LogP contribution < -0.4 is 5.32 Å². The molecule has 1 N–H and O–H groups in total. The normalized spacial score (nSPS) is 21.6. The van der Waals surface area contributed by atoms with E-state index >= 15 is 0 Å². The van der Waals surface area contributed by atoms with E-state index in [9.17, 15) is 0 Å². The standard InChI is InChI=1S/C15H17N3/c1-2-12-8-15(17-10-16-12)18-14-9-13(14)11-6-4-3-5-7-11/h3-8,10,13-14H,2,9H2,1H3,(H,16,17,18). The van der Waals surface area contributed by atoms with Crippen LogP contribution in [0, 0.1) is 0 Å². The molecule has 1 aromatic heterocycles. The van der Waals surface area contributed by atoms with Crippen molar-refractivity contribution in [2.24, 2.45) is 0 Å². The van der Waals surface area contributed by atoms with E-state index in [0.29, 0.717) is 12.0 Å². The number of anilines is 1. The summed E-state index contributed by atoms with van der Waals surface area (Å²) >= 11 is 0. The lowest BCUT2D eigenvalue weighted by Gasteiger charge is -2.06. The monoisotopic (exact) mass is 239 g/mol. The zero-order chi connectivity index (χ0) is 12.4. The average Bonchev–Trinajstić information content (AvgIpc) is 3.19. The van der Waals surface area contributed by atoms with Gasteiger partial charge >= 0.3 is 0 Å². The van der Waals surface area contributed by atoms with Crippen molar-refractivity contribution >= 4 is 5.82 Å². The van der Waals surface area contributed by atoms with Gasteiger partial charge in [0.1, 0.15) is 12.1 Å². The highest BCUT2D eigenvalue weighted by Gasteiger charge is 2.38. The maximum Gasteiger partial charge on any atom is 0.129 e. The second-order valence-electron chi connectivity index (χ2n) is 4.75. The third-order valence-corrected chi connectivity index (χ3v) is 3.44. The summed E-state index contributed by atoms with van der Waals surface area (Å²) < 4.78 is 0. The Morgan fingerprint density at radius 1 is 1.22 bits per heavy atom. The minimum atomic E-state index is 0.520. The number of rotatable bonds is 4. The van der Waals surface area contributed by atoms with Gasteiger partial charge in [0.05, 0.1) is 0 Å². The third kappa shape index (κ3) is 2.35. The lowest BCUT2D eigenvalue weighted by atomic mass is 10.1. The van der Waals surface area contributed by atoms with Gasteiger partial charge in [-0.25, -0.2) is 9.97 Å². The van der Waals surface area contributed by atoms with Gasteiger partial charge in [0, 0.05) is 23.7 Å². The summed E-state index contributed by atoms with van der Waals surface area (Å²) in [7, 11) is 0. The highest BCUT2D eigenvalue weighted by Crippen LogP contribution is 2.42. The predicted octanol–water partition coefficient (Wildman–Crippen LogP) is 3.01. The highest BCUT2D eigenvalue weighted by molar-refractivity contribution is 5.42. The summed E-state index contributed by atoms with van der Waals surface area (Å²) in [6, 6.07) is 13.2. The van der Waals surface area contributed by atoms with E-state index in [4.69, 9.17) is 0 Å². The van der Waals surface area contributed by atoms with Crippen molar-refractivity contribution in [2.45, 2.75) is 31.7 Å². The summed E-state index contributed by atoms with van der Waals surface area (Å²) in [5, 5.41) is 3.49. The molecule has 0 saturated heterocycles. The molecular weight excluding hydrogens is 222 g/mol. The minimum absolute atomic E-state index is 0.520. The van der Waals surface area contributed by atoms with Gasteiger partial charge in [0.15, 0.2) is 0 Å². The fourth-order valence-electron chi connectivity index (χ4n) is 2.28. The molecule has 2 atom stereocenters. The second-order valence-corrected chi connectivity index (χ2v) is 4.75. The number of nitrogens with zero attached hydrogens (tertiary/aromatic N) is 2. The van der Waals surface area contributed by atoms with Crippen LogP contribution >= 0.6 is 0 Å². The fraction of sp³-hybridized carbons (Fsp3) is 0.333. The van der Waals surface area contributed by atoms with Gasteiger partial charge in [-0.3, -0.25) is 0 Å². The first kappa shape index (κ1) is 11.2. The van der Waals surface area contributed by atoms with Gasteiger partial charge in [-0.2, -0.15) is 0 Å². The topological polar surface area (TPSA) is 37.8 Å². The van der Waals surface area contributed by atoms with Crippen LogP contribution in [0.25, 0.3) is 0 Å². The van der Waals surface area contributed by atoms with E-state index in [1.165, 1.54) is 12.0 Å². The zero-order valence-electron chi connectivity index (χ0n) is 10.5. The van der Waals surface area contributed by atoms with Crippen LogP contribution in [-0.4, -0.2) is 16.0 Å². The van der Waals surface area contributed by atoms with Gasteiger partial charge in [-0.1, -0.05) is 37.3 Å². The molecule has 3 rings (SSSR count). The van der Waals surface area contributed by atoms with Gasteiger partial charge in [0.2, 0.25) is 0 Å². The quantitative estimate of drug-likeness (QED) is 0.891. The molecule has 0 radical (unpaired) electrons. The Labute approximate surface area is 107 Å². The van der Waals surface area contributed by atoms with E-state index in [0.717, 1.165) is 17.9 Å². The van der Waals surface area contributed by atoms with Crippen LogP contribution in [0.1, 0.15) is 30.5 Å². The first-order valence-corrected chi connectivity index (χ1v) is 6.49. The molecule has 2 aromatic rings. The Hall–Kier alpha value is -1.90. The molecule has 0 amide bonds. The Morgan fingerprint density at radius 3 is 2.83 bits per heavy atom. The molecule has 92 valence electrons. The molecular formula is C15H17N3. The summed E-state index contributed by atoms with van der Waals surface area (Å²) in [4.78, 5) is 8.49. The Balaban J connectivity index is 1.65. The van der Waals surface area contributed by atoms with Crippen molar-refractivity contribution in [2.75, 3.05) is 5.32 Å². The molecule has 1 aliphatic rings. The van der Waals surface area contributed by atoms with E-state index in [1.54, 1.807) is 6.33 Å². The second kappa shape index (κ2) is 4.77.